The highest BCUT2D eigenvalue weighted by molar-refractivity contribution is 5.80. The van der Waals surface area contributed by atoms with Crippen molar-refractivity contribution >= 4 is 10.9 Å². The topological polar surface area (TPSA) is 25.0 Å². The predicted octanol–water partition coefficient (Wildman–Crippen LogP) is 3.59. The fraction of sp³-hybridized carbons (Fsp3) is 0.385. The van der Waals surface area contributed by atoms with Gasteiger partial charge in [-0.05, 0) is 29.7 Å². The second-order valence-electron chi connectivity index (χ2n) is 5.08. The fourth-order valence-electron chi connectivity index (χ4n) is 1.42. The van der Waals surface area contributed by atoms with E-state index in [1.807, 2.05) is 18.3 Å². The van der Waals surface area contributed by atoms with Crippen LogP contribution in [0.15, 0.2) is 30.5 Å². The standard InChI is InChI=1S/C13H17NO/c1-13(2,3)9-15-11-4-5-12-10(8-11)6-7-14-12/h4-8,14H,9H2,1-3H3. The van der Waals surface area contributed by atoms with Crippen LogP contribution in [0, 0.1) is 5.41 Å². The van der Waals surface area contributed by atoms with E-state index >= 15 is 0 Å². The molecule has 0 fully saturated rings. The van der Waals surface area contributed by atoms with Gasteiger partial charge < -0.3 is 9.72 Å². The lowest BCUT2D eigenvalue weighted by Crippen LogP contribution is -2.16. The zero-order valence-electron chi connectivity index (χ0n) is 9.50. The average molecular weight is 203 g/mol. The molecule has 2 nitrogen and oxygen atoms in total. The molecule has 1 heterocycles. The van der Waals surface area contributed by atoms with Crippen molar-refractivity contribution in [2.75, 3.05) is 6.61 Å². The average Bonchev–Trinajstić information content (AvgIpc) is 2.60. The molecule has 15 heavy (non-hydrogen) atoms. The summed E-state index contributed by atoms with van der Waals surface area (Å²) in [6, 6.07) is 8.18. The smallest absolute Gasteiger partial charge is 0.120 e. The maximum Gasteiger partial charge on any atom is 0.120 e. The van der Waals surface area contributed by atoms with Crippen molar-refractivity contribution in [2.24, 2.45) is 5.41 Å². The third-order valence-electron chi connectivity index (χ3n) is 2.20. The van der Waals surface area contributed by atoms with Gasteiger partial charge in [-0.15, -0.1) is 0 Å². The number of benzene rings is 1. The van der Waals surface area contributed by atoms with E-state index in [4.69, 9.17) is 4.74 Å². The molecular weight excluding hydrogens is 186 g/mol. The molecule has 1 N–H and O–H groups in total. The molecule has 0 radical (unpaired) electrons. The Bertz CT molecular complexity index is 451. The van der Waals surface area contributed by atoms with Crippen LogP contribution in [0.2, 0.25) is 0 Å². The van der Waals surface area contributed by atoms with Crippen molar-refractivity contribution in [3.05, 3.63) is 30.5 Å². The molecule has 0 saturated heterocycles. The third-order valence-corrected chi connectivity index (χ3v) is 2.20. The van der Waals surface area contributed by atoms with E-state index in [1.165, 1.54) is 5.39 Å². The van der Waals surface area contributed by atoms with E-state index in [9.17, 15) is 0 Å². The predicted molar refractivity (Wildman–Crippen MR) is 63.2 cm³/mol. The molecule has 2 rings (SSSR count). The molecule has 0 amide bonds. The summed E-state index contributed by atoms with van der Waals surface area (Å²) in [6.45, 7) is 7.24. The summed E-state index contributed by atoms with van der Waals surface area (Å²) in [5, 5.41) is 1.20. The van der Waals surface area contributed by atoms with Gasteiger partial charge in [0.2, 0.25) is 0 Å². The Balaban J connectivity index is 2.15. The molecule has 0 aliphatic rings. The van der Waals surface area contributed by atoms with Gasteiger partial charge in [-0.3, -0.25) is 0 Å². The maximum absolute atomic E-state index is 5.73. The van der Waals surface area contributed by atoms with Crippen LogP contribution in [0.3, 0.4) is 0 Å². The molecule has 1 aromatic carbocycles. The Kier molecular flexibility index (Phi) is 2.43. The van der Waals surface area contributed by atoms with Crippen LogP contribution >= 0.6 is 0 Å². The van der Waals surface area contributed by atoms with Crippen molar-refractivity contribution in [3.63, 3.8) is 0 Å². The number of nitrogens with one attached hydrogen (secondary N) is 1. The van der Waals surface area contributed by atoms with Crippen LogP contribution in [0.4, 0.5) is 0 Å². The van der Waals surface area contributed by atoms with Gasteiger partial charge in [-0.1, -0.05) is 20.8 Å². The van der Waals surface area contributed by atoms with Crippen LogP contribution < -0.4 is 4.74 Å². The van der Waals surface area contributed by atoms with E-state index < -0.39 is 0 Å². The highest BCUT2D eigenvalue weighted by Crippen LogP contribution is 2.22. The molecule has 0 spiro atoms. The molecule has 0 atom stereocenters. The number of ether oxygens (including phenoxy) is 1. The van der Waals surface area contributed by atoms with Gasteiger partial charge in [0.05, 0.1) is 6.61 Å². The summed E-state index contributed by atoms with van der Waals surface area (Å²) >= 11 is 0. The molecular formula is C13H17NO. The van der Waals surface area contributed by atoms with Gasteiger partial charge in [0.25, 0.3) is 0 Å². The van der Waals surface area contributed by atoms with Gasteiger partial charge in [0, 0.05) is 17.1 Å². The van der Waals surface area contributed by atoms with E-state index in [2.05, 4.69) is 37.9 Å². The van der Waals surface area contributed by atoms with Gasteiger partial charge in [0.1, 0.15) is 5.75 Å². The Labute approximate surface area is 90.3 Å². The number of hydrogen-bond donors (Lipinski definition) is 1. The maximum atomic E-state index is 5.73. The minimum atomic E-state index is 0.201. The first-order valence-corrected chi connectivity index (χ1v) is 5.25. The first-order chi connectivity index (χ1) is 7.04. The molecule has 0 aliphatic carbocycles. The normalized spacial score (nSPS) is 11.9. The monoisotopic (exact) mass is 203 g/mol. The number of hydrogen-bond acceptors (Lipinski definition) is 1. The highest BCUT2D eigenvalue weighted by Gasteiger charge is 2.11. The van der Waals surface area contributed by atoms with Crippen molar-refractivity contribution in [1.29, 1.82) is 0 Å². The fourth-order valence-corrected chi connectivity index (χ4v) is 1.42. The number of aromatic amines is 1. The van der Waals surface area contributed by atoms with Gasteiger partial charge in [0.15, 0.2) is 0 Å². The van der Waals surface area contributed by atoms with E-state index in [0.717, 1.165) is 17.9 Å². The molecule has 1 aromatic heterocycles. The molecule has 0 aliphatic heterocycles. The Morgan fingerprint density at radius 2 is 2.00 bits per heavy atom. The first kappa shape index (κ1) is 10.1. The zero-order valence-corrected chi connectivity index (χ0v) is 9.50. The summed E-state index contributed by atoms with van der Waals surface area (Å²) in [4.78, 5) is 3.16. The van der Waals surface area contributed by atoms with Crippen LogP contribution in [-0.4, -0.2) is 11.6 Å². The summed E-state index contributed by atoms with van der Waals surface area (Å²) in [6.07, 6.45) is 1.94. The van der Waals surface area contributed by atoms with Crippen LogP contribution in [0.5, 0.6) is 5.75 Å². The molecule has 2 heteroatoms. The minimum absolute atomic E-state index is 0.201. The Hall–Kier alpha value is -1.44. The summed E-state index contributed by atoms with van der Waals surface area (Å²) < 4.78 is 5.73. The largest absolute Gasteiger partial charge is 0.493 e. The Morgan fingerprint density at radius 1 is 1.20 bits per heavy atom. The van der Waals surface area contributed by atoms with E-state index in [-0.39, 0.29) is 5.41 Å². The SMILES string of the molecule is CC(C)(C)COc1ccc2[nH]ccc2c1. The number of rotatable bonds is 2. The Morgan fingerprint density at radius 3 is 2.73 bits per heavy atom. The second kappa shape index (κ2) is 3.61. The van der Waals surface area contributed by atoms with Crippen molar-refractivity contribution in [3.8, 4) is 5.75 Å². The lowest BCUT2D eigenvalue weighted by atomic mass is 9.99. The first-order valence-electron chi connectivity index (χ1n) is 5.25. The van der Waals surface area contributed by atoms with Gasteiger partial charge in [-0.25, -0.2) is 0 Å². The summed E-state index contributed by atoms with van der Waals surface area (Å²) in [5.74, 6) is 0.942. The number of aromatic nitrogens is 1. The molecule has 0 unspecified atom stereocenters. The van der Waals surface area contributed by atoms with Gasteiger partial charge in [-0.2, -0.15) is 0 Å². The van der Waals surface area contributed by atoms with Crippen LogP contribution in [0.1, 0.15) is 20.8 Å². The lowest BCUT2D eigenvalue weighted by molar-refractivity contribution is 0.198. The van der Waals surface area contributed by atoms with Crippen LogP contribution in [0.25, 0.3) is 10.9 Å². The minimum Gasteiger partial charge on any atom is -0.493 e. The highest BCUT2D eigenvalue weighted by atomic mass is 16.5. The van der Waals surface area contributed by atoms with E-state index in [1.54, 1.807) is 0 Å². The van der Waals surface area contributed by atoms with Crippen LogP contribution in [-0.2, 0) is 0 Å². The second-order valence-corrected chi connectivity index (χ2v) is 5.08. The van der Waals surface area contributed by atoms with Crippen molar-refractivity contribution in [2.45, 2.75) is 20.8 Å². The summed E-state index contributed by atoms with van der Waals surface area (Å²) in [5.41, 5.74) is 1.35. The zero-order chi connectivity index (χ0) is 10.9. The van der Waals surface area contributed by atoms with Gasteiger partial charge >= 0.3 is 0 Å². The number of fused-ring (bicyclic) bond motifs is 1. The summed E-state index contributed by atoms with van der Waals surface area (Å²) in [7, 11) is 0. The molecule has 2 aromatic rings. The molecule has 0 bridgehead atoms. The van der Waals surface area contributed by atoms with Crippen molar-refractivity contribution < 1.29 is 4.74 Å². The van der Waals surface area contributed by atoms with E-state index in [0.29, 0.717) is 0 Å². The quantitative estimate of drug-likeness (QED) is 0.792. The molecule has 0 saturated carbocycles. The number of H-pyrrole nitrogens is 1. The lowest BCUT2D eigenvalue weighted by Gasteiger charge is -2.18. The van der Waals surface area contributed by atoms with Crippen molar-refractivity contribution in [1.82, 2.24) is 4.98 Å². The third kappa shape index (κ3) is 2.52. The molecule has 80 valence electrons.